The van der Waals surface area contributed by atoms with E-state index in [-0.39, 0.29) is 22.0 Å². The van der Waals surface area contributed by atoms with E-state index >= 15 is 0 Å². The van der Waals surface area contributed by atoms with Crippen LogP contribution in [-0.4, -0.2) is 21.0 Å². The summed E-state index contributed by atoms with van der Waals surface area (Å²) in [7, 11) is 0. The maximum atomic E-state index is 12.1. The van der Waals surface area contributed by atoms with E-state index in [0.717, 1.165) is 5.01 Å². The van der Waals surface area contributed by atoms with Gasteiger partial charge in [-0.25, -0.2) is 0 Å². The molecule has 9 heteroatoms. The molecular formula is C14H11N5O3S. The highest BCUT2D eigenvalue weighted by Crippen LogP contribution is 2.21. The van der Waals surface area contributed by atoms with Crippen LogP contribution in [0.5, 0.6) is 0 Å². The molecule has 2 aromatic rings. The molecule has 0 fully saturated rings. The maximum Gasteiger partial charge on any atom is 0.276 e. The lowest BCUT2D eigenvalue weighted by Crippen LogP contribution is -2.13. The van der Waals surface area contributed by atoms with Gasteiger partial charge in [-0.15, -0.1) is 10.2 Å². The van der Waals surface area contributed by atoms with E-state index < -0.39 is 10.8 Å². The van der Waals surface area contributed by atoms with Crippen LogP contribution in [0.1, 0.15) is 17.5 Å². The summed E-state index contributed by atoms with van der Waals surface area (Å²) in [6.45, 7) is 1.90. The SMILES string of the molecule is CCc1nnc(NC(=O)/C(C#N)=C/c2ccccc2[N+](=O)[O-])s1. The van der Waals surface area contributed by atoms with Crippen molar-refractivity contribution in [2.45, 2.75) is 13.3 Å². The van der Waals surface area contributed by atoms with Gasteiger partial charge in [0.25, 0.3) is 11.6 Å². The zero-order chi connectivity index (χ0) is 16.8. The molecule has 2 rings (SSSR count). The van der Waals surface area contributed by atoms with E-state index in [4.69, 9.17) is 5.26 Å². The Morgan fingerprint density at radius 1 is 1.48 bits per heavy atom. The molecule has 116 valence electrons. The fraction of sp³-hybridized carbons (Fsp3) is 0.143. The Morgan fingerprint density at radius 2 is 2.22 bits per heavy atom. The molecule has 1 amide bonds. The zero-order valence-corrected chi connectivity index (χ0v) is 12.8. The molecule has 8 nitrogen and oxygen atoms in total. The molecule has 1 heterocycles. The van der Waals surface area contributed by atoms with Crippen molar-refractivity contribution in [3.05, 3.63) is 50.5 Å². The average molecular weight is 329 g/mol. The van der Waals surface area contributed by atoms with Gasteiger partial charge in [-0.05, 0) is 18.6 Å². The number of benzene rings is 1. The topological polar surface area (TPSA) is 122 Å². The molecule has 23 heavy (non-hydrogen) atoms. The van der Waals surface area contributed by atoms with Crippen LogP contribution >= 0.6 is 11.3 Å². The molecule has 0 aliphatic rings. The fourth-order valence-corrected chi connectivity index (χ4v) is 2.37. The molecule has 0 saturated carbocycles. The number of hydrogen-bond donors (Lipinski definition) is 1. The number of anilines is 1. The first-order valence-electron chi connectivity index (χ1n) is 6.54. The van der Waals surface area contributed by atoms with Crippen molar-refractivity contribution >= 4 is 34.1 Å². The minimum absolute atomic E-state index is 0.177. The number of para-hydroxylation sites is 1. The van der Waals surface area contributed by atoms with Gasteiger partial charge in [-0.1, -0.05) is 30.4 Å². The predicted octanol–water partition coefficient (Wildman–Crippen LogP) is 2.55. The first-order chi connectivity index (χ1) is 11.0. The number of carbonyl (C=O) groups excluding carboxylic acids is 1. The number of nitrogens with zero attached hydrogens (tertiary/aromatic N) is 4. The first-order valence-corrected chi connectivity index (χ1v) is 7.35. The van der Waals surface area contributed by atoms with Crippen LogP contribution in [0.25, 0.3) is 6.08 Å². The van der Waals surface area contributed by atoms with E-state index in [2.05, 4.69) is 15.5 Å². The molecule has 0 bridgehead atoms. The van der Waals surface area contributed by atoms with E-state index in [0.29, 0.717) is 6.42 Å². The highest BCUT2D eigenvalue weighted by Gasteiger charge is 2.16. The van der Waals surface area contributed by atoms with Crippen molar-refractivity contribution in [1.29, 1.82) is 5.26 Å². The minimum atomic E-state index is -0.690. The summed E-state index contributed by atoms with van der Waals surface area (Å²) in [6.07, 6.45) is 1.86. The Hall–Kier alpha value is -3.12. The third-order valence-electron chi connectivity index (χ3n) is 2.79. The third-order valence-corrected chi connectivity index (χ3v) is 3.77. The fourth-order valence-electron chi connectivity index (χ4n) is 1.69. The number of hydrogen-bond acceptors (Lipinski definition) is 7. The van der Waals surface area contributed by atoms with E-state index in [9.17, 15) is 14.9 Å². The Kier molecular flexibility index (Phi) is 5.11. The molecular weight excluding hydrogens is 318 g/mol. The van der Waals surface area contributed by atoms with Crippen LogP contribution in [0, 0.1) is 21.4 Å². The van der Waals surface area contributed by atoms with Crippen LogP contribution in [0.4, 0.5) is 10.8 Å². The summed E-state index contributed by atoms with van der Waals surface area (Å²) in [5.41, 5.74) is -0.263. The zero-order valence-electron chi connectivity index (χ0n) is 12.0. The second-order valence-corrected chi connectivity index (χ2v) is 5.36. The van der Waals surface area contributed by atoms with Gasteiger partial charge < -0.3 is 0 Å². The molecule has 0 aliphatic carbocycles. The normalized spacial score (nSPS) is 10.9. The Bertz CT molecular complexity index is 822. The molecule has 0 saturated heterocycles. The number of nitro benzene ring substituents is 1. The smallest absolute Gasteiger partial charge is 0.276 e. The van der Waals surface area contributed by atoms with E-state index in [1.165, 1.54) is 35.6 Å². The molecule has 0 atom stereocenters. The van der Waals surface area contributed by atoms with Gasteiger partial charge in [0.1, 0.15) is 16.6 Å². The summed E-state index contributed by atoms with van der Waals surface area (Å²) in [5.74, 6) is -0.690. The number of aryl methyl sites for hydroxylation is 1. The highest BCUT2D eigenvalue weighted by atomic mass is 32.1. The van der Waals surface area contributed by atoms with Gasteiger partial charge in [0, 0.05) is 6.07 Å². The monoisotopic (exact) mass is 329 g/mol. The molecule has 1 aromatic heterocycles. The predicted molar refractivity (Wildman–Crippen MR) is 84.6 cm³/mol. The standard InChI is InChI=1S/C14H11N5O3S/c1-2-12-17-18-14(23-12)16-13(20)10(8-15)7-9-5-3-4-6-11(9)19(21)22/h3-7H,2H2,1H3,(H,16,18,20)/b10-7+. The minimum Gasteiger partial charge on any atom is -0.296 e. The quantitative estimate of drug-likeness (QED) is 0.389. The summed E-state index contributed by atoms with van der Waals surface area (Å²) in [6, 6.07) is 7.60. The molecule has 0 spiro atoms. The van der Waals surface area contributed by atoms with Crippen LogP contribution in [0.15, 0.2) is 29.8 Å². The van der Waals surface area contributed by atoms with Crippen LogP contribution < -0.4 is 5.32 Å². The van der Waals surface area contributed by atoms with Crippen LogP contribution in [0.2, 0.25) is 0 Å². The lowest BCUT2D eigenvalue weighted by Gasteiger charge is -2.00. The molecule has 0 radical (unpaired) electrons. The first kappa shape index (κ1) is 16.3. The van der Waals surface area contributed by atoms with Gasteiger partial charge in [-0.3, -0.25) is 20.2 Å². The highest BCUT2D eigenvalue weighted by molar-refractivity contribution is 7.15. The van der Waals surface area contributed by atoms with Gasteiger partial charge in [0.05, 0.1) is 10.5 Å². The Balaban J connectivity index is 2.27. The van der Waals surface area contributed by atoms with Crippen molar-refractivity contribution in [3.8, 4) is 6.07 Å². The second-order valence-electron chi connectivity index (χ2n) is 4.29. The van der Waals surface area contributed by atoms with Crippen LogP contribution in [0.3, 0.4) is 0 Å². The third kappa shape index (κ3) is 3.96. The number of nitro groups is 1. The second kappa shape index (κ2) is 7.24. The Morgan fingerprint density at radius 3 is 2.83 bits per heavy atom. The lowest BCUT2D eigenvalue weighted by molar-refractivity contribution is -0.385. The van der Waals surface area contributed by atoms with Gasteiger partial charge in [-0.2, -0.15) is 5.26 Å². The van der Waals surface area contributed by atoms with E-state index in [1.807, 2.05) is 6.92 Å². The molecule has 0 unspecified atom stereocenters. The largest absolute Gasteiger partial charge is 0.296 e. The van der Waals surface area contributed by atoms with E-state index in [1.54, 1.807) is 12.1 Å². The van der Waals surface area contributed by atoms with Crippen molar-refractivity contribution in [3.63, 3.8) is 0 Å². The lowest BCUT2D eigenvalue weighted by atomic mass is 10.1. The summed E-state index contributed by atoms with van der Waals surface area (Å²) in [4.78, 5) is 22.5. The number of nitrogens with one attached hydrogen (secondary N) is 1. The number of nitriles is 1. The van der Waals surface area contributed by atoms with Gasteiger partial charge in [0.2, 0.25) is 5.13 Å². The summed E-state index contributed by atoms with van der Waals surface area (Å²) < 4.78 is 0. The number of carbonyl (C=O) groups is 1. The number of amides is 1. The van der Waals surface area contributed by atoms with Gasteiger partial charge >= 0.3 is 0 Å². The average Bonchev–Trinajstić information content (AvgIpc) is 3.00. The van der Waals surface area contributed by atoms with Crippen molar-refractivity contribution < 1.29 is 9.72 Å². The number of aromatic nitrogens is 2. The van der Waals surface area contributed by atoms with Crippen molar-refractivity contribution in [1.82, 2.24) is 10.2 Å². The Labute approximate surface area is 135 Å². The number of rotatable bonds is 5. The molecule has 0 aliphatic heterocycles. The molecule has 1 N–H and O–H groups in total. The summed E-state index contributed by atoms with van der Waals surface area (Å²) >= 11 is 1.20. The maximum absolute atomic E-state index is 12.1. The summed E-state index contributed by atoms with van der Waals surface area (Å²) in [5, 5.41) is 31.2. The van der Waals surface area contributed by atoms with Crippen molar-refractivity contribution in [2.75, 3.05) is 5.32 Å². The van der Waals surface area contributed by atoms with Crippen LogP contribution in [-0.2, 0) is 11.2 Å². The van der Waals surface area contributed by atoms with Gasteiger partial charge in [0.15, 0.2) is 0 Å². The molecule has 1 aromatic carbocycles. The van der Waals surface area contributed by atoms with Crippen molar-refractivity contribution in [2.24, 2.45) is 0 Å².